The molecule has 0 aliphatic carbocycles. The van der Waals surface area contributed by atoms with E-state index < -0.39 is 12.0 Å². The predicted octanol–water partition coefficient (Wildman–Crippen LogP) is 1.97. The Hall–Kier alpha value is -0.980. The van der Waals surface area contributed by atoms with E-state index in [1.165, 1.54) is 14.2 Å². The lowest BCUT2D eigenvalue weighted by Gasteiger charge is -2.15. The van der Waals surface area contributed by atoms with Gasteiger partial charge in [-0.05, 0) is 12.1 Å². The summed E-state index contributed by atoms with van der Waals surface area (Å²) in [7, 11) is 2.91. The first-order valence-electron chi connectivity index (χ1n) is 4.41. The number of benzene rings is 1. The molecular weight excluding hydrogens is 313 g/mol. The van der Waals surface area contributed by atoms with Gasteiger partial charge in [0.2, 0.25) is 0 Å². The van der Waals surface area contributed by atoms with E-state index in [9.17, 15) is 4.79 Å². The second kappa shape index (κ2) is 6.68. The Kier molecular flexibility index (Phi) is 6.30. The van der Waals surface area contributed by atoms with Crippen LogP contribution in [0.2, 0.25) is 0 Å². The van der Waals surface area contributed by atoms with Gasteiger partial charge in [0, 0.05) is 10.0 Å². The van der Waals surface area contributed by atoms with Crippen LogP contribution in [0.3, 0.4) is 0 Å². The average Bonchev–Trinajstić information content (AvgIpc) is 2.26. The van der Waals surface area contributed by atoms with E-state index in [1.54, 1.807) is 12.1 Å². The maximum Gasteiger partial charge on any atom is 0.325 e. The Morgan fingerprint density at radius 1 is 1.41 bits per heavy atom. The van der Waals surface area contributed by atoms with E-state index in [2.05, 4.69) is 15.9 Å². The molecule has 0 saturated heterocycles. The number of hydrogen-bond acceptors (Lipinski definition) is 4. The van der Waals surface area contributed by atoms with Gasteiger partial charge < -0.3 is 20.3 Å². The molecule has 0 amide bonds. The highest BCUT2D eigenvalue weighted by atomic mass is 79.9. The SMILES string of the molecule is COc1cc(Br)cc(C(N)C(=O)O)c1OC.Cl. The Morgan fingerprint density at radius 3 is 2.41 bits per heavy atom. The fourth-order valence-corrected chi connectivity index (χ4v) is 1.78. The maximum atomic E-state index is 10.8. The summed E-state index contributed by atoms with van der Waals surface area (Å²) >= 11 is 3.25. The molecule has 96 valence electrons. The van der Waals surface area contributed by atoms with Crippen molar-refractivity contribution >= 4 is 34.3 Å². The summed E-state index contributed by atoms with van der Waals surface area (Å²) in [5.74, 6) is -0.359. The molecule has 1 aromatic rings. The maximum absolute atomic E-state index is 10.8. The predicted molar refractivity (Wildman–Crippen MR) is 69.1 cm³/mol. The second-order valence-corrected chi connectivity index (χ2v) is 3.96. The van der Waals surface area contributed by atoms with Crippen LogP contribution in [0.1, 0.15) is 11.6 Å². The summed E-state index contributed by atoms with van der Waals surface area (Å²) in [6.07, 6.45) is 0. The number of carboxylic acids is 1. The van der Waals surface area contributed by atoms with E-state index in [4.69, 9.17) is 20.3 Å². The van der Waals surface area contributed by atoms with Gasteiger partial charge in [-0.15, -0.1) is 12.4 Å². The molecule has 0 aromatic heterocycles. The van der Waals surface area contributed by atoms with Crippen LogP contribution < -0.4 is 15.2 Å². The largest absolute Gasteiger partial charge is 0.493 e. The Morgan fingerprint density at radius 2 is 2.00 bits per heavy atom. The van der Waals surface area contributed by atoms with Gasteiger partial charge in [0.15, 0.2) is 11.5 Å². The van der Waals surface area contributed by atoms with Gasteiger partial charge in [0.1, 0.15) is 6.04 Å². The van der Waals surface area contributed by atoms with Crippen molar-refractivity contribution < 1.29 is 19.4 Å². The number of ether oxygens (including phenoxy) is 2. The quantitative estimate of drug-likeness (QED) is 0.884. The highest BCUT2D eigenvalue weighted by molar-refractivity contribution is 9.10. The van der Waals surface area contributed by atoms with Crippen LogP contribution in [0, 0.1) is 0 Å². The van der Waals surface area contributed by atoms with E-state index in [1.807, 2.05) is 0 Å². The highest BCUT2D eigenvalue weighted by Gasteiger charge is 2.22. The molecule has 17 heavy (non-hydrogen) atoms. The van der Waals surface area contributed by atoms with Crippen LogP contribution in [0.25, 0.3) is 0 Å². The summed E-state index contributed by atoms with van der Waals surface area (Å²) in [6, 6.07) is 2.12. The number of aliphatic carboxylic acids is 1. The van der Waals surface area contributed by atoms with Crippen LogP contribution in [0.5, 0.6) is 11.5 Å². The minimum Gasteiger partial charge on any atom is -0.493 e. The lowest BCUT2D eigenvalue weighted by atomic mass is 10.1. The third-order valence-electron chi connectivity index (χ3n) is 2.07. The third kappa shape index (κ3) is 3.49. The summed E-state index contributed by atoms with van der Waals surface area (Å²) in [5, 5.41) is 8.87. The van der Waals surface area contributed by atoms with Crippen LogP contribution >= 0.6 is 28.3 Å². The van der Waals surface area contributed by atoms with E-state index >= 15 is 0 Å². The van der Waals surface area contributed by atoms with Crippen molar-refractivity contribution in [3.05, 3.63) is 22.2 Å². The van der Waals surface area contributed by atoms with E-state index in [0.29, 0.717) is 21.5 Å². The number of nitrogens with two attached hydrogens (primary N) is 1. The molecular formula is C10H13BrClNO4. The van der Waals surface area contributed by atoms with E-state index in [-0.39, 0.29) is 12.4 Å². The highest BCUT2D eigenvalue weighted by Crippen LogP contribution is 2.37. The first-order chi connectivity index (χ1) is 7.51. The smallest absolute Gasteiger partial charge is 0.325 e. The molecule has 1 rings (SSSR count). The normalized spacial score (nSPS) is 11.3. The second-order valence-electron chi connectivity index (χ2n) is 3.05. The number of halogens is 2. The minimum atomic E-state index is -1.15. The topological polar surface area (TPSA) is 81.8 Å². The molecule has 0 spiro atoms. The Labute approximate surface area is 113 Å². The molecule has 0 heterocycles. The van der Waals surface area contributed by atoms with Crippen molar-refractivity contribution in [1.82, 2.24) is 0 Å². The standard InChI is InChI=1S/C10H12BrNO4.ClH/c1-15-7-4-5(11)3-6(9(7)16-2)8(12)10(13)14;/h3-4,8H,12H2,1-2H3,(H,13,14);1H. The Balaban J connectivity index is 0.00000256. The number of hydrogen-bond donors (Lipinski definition) is 2. The molecule has 1 unspecified atom stereocenters. The molecule has 1 aromatic carbocycles. The Bertz CT molecular complexity index is 414. The molecule has 0 aliphatic heterocycles. The van der Waals surface area contributed by atoms with Crippen molar-refractivity contribution in [3.63, 3.8) is 0 Å². The lowest BCUT2D eigenvalue weighted by molar-refractivity contribution is -0.138. The fourth-order valence-electron chi connectivity index (χ4n) is 1.32. The zero-order valence-electron chi connectivity index (χ0n) is 9.27. The fraction of sp³-hybridized carbons (Fsp3) is 0.300. The summed E-state index contributed by atoms with van der Waals surface area (Å²) in [5.41, 5.74) is 5.91. The first-order valence-corrected chi connectivity index (χ1v) is 5.20. The van der Waals surface area contributed by atoms with Crippen molar-refractivity contribution in [2.45, 2.75) is 6.04 Å². The zero-order valence-corrected chi connectivity index (χ0v) is 11.7. The molecule has 0 saturated carbocycles. The molecule has 0 fully saturated rings. The molecule has 1 atom stereocenters. The van der Waals surface area contributed by atoms with Crippen LogP contribution in [0.15, 0.2) is 16.6 Å². The van der Waals surface area contributed by atoms with Gasteiger partial charge in [0.05, 0.1) is 14.2 Å². The van der Waals surface area contributed by atoms with Crippen molar-refractivity contribution in [1.29, 1.82) is 0 Å². The van der Waals surface area contributed by atoms with Gasteiger partial charge >= 0.3 is 5.97 Å². The molecule has 7 heteroatoms. The number of rotatable bonds is 4. The van der Waals surface area contributed by atoms with Crippen LogP contribution in [0.4, 0.5) is 0 Å². The number of methoxy groups -OCH3 is 2. The zero-order chi connectivity index (χ0) is 12.3. The molecule has 0 aliphatic rings. The van der Waals surface area contributed by atoms with Crippen molar-refractivity contribution in [2.24, 2.45) is 5.73 Å². The van der Waals surface area contributed by atoms with Crippen LogP contribution in [-0.4, -0.2) is 25.3 Å². The van der Waals surface area contributed by atoms with Gasteiger partial charge in [-0.1, -0.05) is 15.9 Å². The summed E-state index contributed by atoms with van der Waals surface area (Å²) in [6.45, 7) is 0. The van der Waals surface area contributed by atoms with Crippen LogP contribution in [-0.2, 0) is 4.79 Å². The molecule has 3 N–H and O–H groups in total. The molecule has 0 bridgehead atoms. The molecule has 5 nitrogen and oxygen atoms in total. The van der Waals surface area contributed by atoms with E-state index in [0.717, 1.165) is 0 Å². The van der Waals surface area contributed by atoms with Gasteiger partial charge in [-0.25, -0.2) is 0 Å². The molecule has 0 radical (unpaired) electrons. The van der Waals surface area contributed by atoms with Gasteiger partial charge in [-0.3, -0.25) is 4.79 Å². The lowest BCUT2D eigenvalue weighted by Crippen LogP contribution is -2.21. The summed E-state index contributed by atoms with van der Waals surface area (Å²) in [4.78, 5) is 10.8. The monoisotopic (exact) mass is 325 g/mol. The number of carboxylic acid groups (broad SMARTS) is 1. The first kappa shape index (κ1) is 16.0. The minimum absolute atomic E-state index is 0. The summed E-state index contributed by atoms with van der Waals surface area (Å²) < 4.78 is 10.9. The average molecular weight is 327 g/mol. The number of carbonyl (C=O) groups is 1. The van der Waals surface area contributed by atoms with Crippen molar-refractivity contribution in [3.8, 4) is 11.5 Å². The van der Waals surface area contributed by atoms with Crippen molar-refractivity contribution in [2.75, 3.05) is 14.2 Å². The van der Waals surface area contributed by atoms with Gasteiger partial charge in [-0.2, -0.15) is 0 Å². The van der Waals surface area contributed by atoms with Gasteiger partial charge in [0.25, 0.3) is 0 Å². The third-order valence-corrected chi connectivity index (χ3v) is 2.53.